The Hall–Kier alpha value is -1.30. The highest BCUT2D eigenvalue weighted by molar-refractivity contribution is 6.30. The highest BCUT2D eigenvalue weighted by Gasteiger charge is 2.21. The van der Waals surface area contributed by atoms with E-state index in [1.54, 1.807) is 6.07 Å². The summed E-state index contributed by atoms with van der Waals surface area (Å²) in [5, 5.41) is 0.627. The first-order chi connectivity index (χ1) is 9.11. The summed E-state index contributed by atoms with van der Waals surface area (Å²) in [4.78, 5) is 10.9. The lowest BCUT2D eigenvalue weighted by molar-refractivity contribution is -0.146. The Morgan fingerprint density at radius 3 is 3.11 bits per heavy atom. The lowest BCUT2D eigenvalue weighted by atomic mass is 10.0. The molecule has 2 N–H and O–H groups in total. The van der Waals surface area contributed by atoms with Gasteiger partial charge in [-0.2, -0.15) is 0 Å². The quantitative estimate of drug-likeness (QED) is 0.830. The van der Waals surface area contributed by atoms with E-state index in [9.17, 15) is 4.79 Å². The predicted octanol–water partition coefficient (Wildman–Crippen LogP) is 1.46. The van der Waals surface area contributed by atoms with Crippen LogP contribution < -0.4 is 10.5 Å². The van der Waals surface area contributed by atoms with Crippen molar-refractivity contribution in [2.24, 2.45) is 5.73 Å². The van der Waals surface area contributed by atoms with Crippen molar-refractivity contribution in [3.63, 3.8) is 0 Å². The summed E-state index contributed by atoms with van der Waals surface area (Å²) in [7, 11) is 1.31. The van der Waals surface area contributed by atoms with Crippen molar-refractivity contribution >= 4 is 17.6 Å². The highest BCUT2D eigenvalue weighted by Crippen LogP contribution is 2.35. The second-order valence-corrected chi connectivity index (χ2v) is 4.72. The first kappa shape index (κ1) is 14.1. The van der Waals surface area contributed by atoms with Crippen LogP contribution >= 0.6 is 11.6 Å². The topological polar surface area (TPSA) is 70.8 Å². The van der Waals surface area contributed by atoms with Gasteiger partial charge < -0.3 is 19.9 Å². The fourth-order valence-electron chi connectivity index (χ4n) is 1.99. The summed E-state index contributed by atoms with van der Waals surface area (Å²) in [6, 6.07) is 3.27. The van der Waals surface area contributed by atoms with Crippen LogP contribution in [0.25, 0.3) is 0 Å². The van der Waals surface area contributed by atoms with E-state index in [0.29, 0.717) is 11.6 Å². The third-order valence-electron chi connectivity index (χ3n) is 2.92. The van der Waals surface area contributed by atoms with Crippen molar-refractivity contribution in [2.75, 3.05) is 26.9 Å². The van der Waals surface area contributed by atoms with Crippen LogP contribution in [-0.2, 0) is 20.7 Å². The molecule has 0 saturated carbocycles. The van der Waals surface area contributed by atoms with Gasteiger partial charge in [0.05, 0.1) is 26.4 Å². The first-order valence-electron chi connectivity index (χ1n) is 5.97. The maximum absolute atomic E-state index is 10.9. The van der Waals surface area contributed by atoms with Crippen LogP contribution in [0.1, 0.15) is 17.2 Å². The van der Waals surface area contributed by atoms with Gasteiger partial charge in [0, 0.05) is 17.0 Å². The third-order valence-corrected chi connectivity index (χ3v) is 3.14. The van der Waals surface area contributed by atoms with Crippen molar-refractivity contribution in [3.8, 4) is 5.75 Å². The van der Waals surface area contributed by atoms with Gasteiger partial charge in [-0.05, 0) is 17.7 Å². The summed E-state index contributed by atoms with van der Waals surface area (Å²) >= 11 is 6.05. The molecule has 19 heavy (non-hydrogen) atoms. The number of halogens is 1. The third kappa shape index (κ3) is 3.37. The van der Waals surface area contributed by atoms with Gasteiger partial charge in [0.15, 0.2) is 0 Å². The molecule has 0 aromatic heterocycles. The minimum absolute atomic E-state index is 0.117. The molecule has 104 valence electrons. The van der Waals surface area contributed by atoms with Gasteiger partial charge in [0.1, 0.15) is 12.4 Å². The van der Waals surface area contributed by atoms with E-state index in [2.05, 4.69) is 4.74 Å². The molecule has 1 atom stereocenters. The average molecular weight is 286 g/mol. The molecule has 0 fully saturated rings. The van der Waals surface area contributed by atoms with E-state index in [4.69, 9.17) is 26.8 Å². The van der Waals surface area contributed by atoms with Crippen LogP contribution in [0.4, 0.5) is 0 Å². The monoisotopic (exact) mass is 285 g/mol. The maximum Gasteiger partial charge on any atom is 0.331 e. The molecule has 0 aliphatic carbocycles. The van der Waals surface area contributed by atoms with E-state index in [1.807, 2.05) is 6.07 Å². The van der Waals surface area contributed by atoms with Crippen molar-refractivity contribution in [2.45, 2.75) is 12.5 Å². The zero-order chi connectivity index (χ0) is 13.8. The second-order valence-electron chi connectivity index (χ2n) is 4.28. The Morgan fingerprint density at radius 1 is 1.58 bits per heavy atom. The van der Waals surface area contributed by atoms with Crippen molar-refractivity contribution in [1.82, 2.24) is 0 Å². The highest BCUT2D eigenvalue weighted by atomic mass is 35.5. The number of methoxy groups -OCH3 is 1. The molecule has 1 aromatic carbocycles. The number of rotatable bonds is 5. The van der Waals surface area contributed by atoms with Gasteiger partial charge in [-0.1, -0.05) is 11.6 Å². The van der Waals surface area contributed by atoms with Gasteiger partial charge in [-0.3, -0.25) is 0 Å². The number of carbonyl (C=O) groups is 1. The minimum atomic E-state index is -0.431. The van der Waals surface area contributed by atoms with Gasteiger partial charge in [0.25, 0.3) is 0 Å². The summed E-state index contributed by atoms with van der Waals surface area (Å²) in [6.07, 6.45) is 0.832. The van der Waals surface area contributed by atoms with Crippen LogP contribution in [0.3, 0.4) is 0 Å². The summed E-state index contributed by atoms with van der Waals surface area (Å²) in [6.45, 7) is 0.720. The van der Waals surface area contributed by atoms with E-state index in [-0.39, 0.29) is 13.2 Å². The molecule has 0 radical (unpaired) electrons. The van der Waals surface area contributed by atoms with Crippen LogP contribution in [0, 0.1) is 0 Å². The Balaban J connectivity index is 2.03. The number of carbonyl (C=O) groups excluding carboxylic acids is 1. The van der Waals surface area contributed by atoms with E-state index in [1.165, 1.54) is 7.11 Å². The van der Waals surface area contributed by atoms with Gasteiger partial charge in [-0.25, -0.2) is 4.79 Å². The maximum atomic E-state index is 10.9. The summed E-state index contributed by atoms with van der Waals surface area (Å²) in [5.41, 5.74) is 7.92. The molecule has 0 amide bonds. The Bertz CT molecular complexity index is 478. The van der Waals surface area contributed by atoms with E-state index >= 15 is 0 Å². The number of benzene rings is 1. The number of ether oxygens (including phenoxy) is 3. The molecule has 1 heterocycles. The zero-order valence-electron chi connectivity index (χ0n) is 10.6. The fraction of sp³-hybridized carbons (Fsp3) is 0.462. The molecule has 6 heteroatoms. The Morgan fingerprint density at radius 2 is 2.37 bits per heavy atom. The minimum Gasteiger partial charge on any atom is -0.493 e. The molecule has 0 saturated heterocycles. The van der Waals surface area contributed by atoms with Crippen LogP contribution in [0.5, 0.6) is 5.75 Å². The molecule has 0 bridgehead atoms. The molecule has 1 unspecified atom stereocenters. The molecular weight excluding hydrogens is 270 g/mol. The van der Waals surface area contributed by atoms with Crippen molar-refractivity contribution in [3.05, 3.63) is 28.3 Å². The number of nitrogens with two attached hydrogens (primary N) is 1. The molecule has 1 aliphatic heterocycles. The number of hydrogen-bond acceptors (Lipinski definition) is 5. The Labute approximate surface area is 116 Å². The predicted molar refractivity (Wildman–Crippen MR) is 70.4 cm³/mol. The van der Waals surface area contributed by atoms with E-state index < -0.39 is 12.0 Å². The van der Waals surface area contributed by atoms with Gasteiger partial charge in [-0.15, -0.1) is 0 Å². The molecule has 1 aliphatic rings. The molecule has 0 spiro atoms. The van der Waals surface area contributed by atoms with Crippen LogP contribution in [-0.4, -0.2) is 32.9 Å². The zero-order valence-corrected chi connectivity index (χ0v) is 11.4. The van der Waals surface area contributed by atoms with Crippen molar-refractivity contribution < 1.29 is 19.0 Å². The second kappa shape index (κ2) is 6.23. The van der Waals surface area contributed by atoms with E-state index in [0.717, 1.165) is 23.3 Å². The Kier molecular flexibility index (Phi) is 4.63. The first-order valence-corrected chi connectivity index (χ1v) is 6.35. The fourth-order valence-corrected chi connectivity index (χ4v) is 2.24. The molecule has 2 rings (SSSR count). The van der Waals surface area contributed by atoms with Gasteiger partial charge in [0.2, 0.25) is 0 Å². The normalized spacial score (nSPS) is 14.7. The summed E-state index contributed by atoms with van der Waals surface area (Å²) < 4.78 is 15.3. The average Bonchev–Trinajstić information content (AvgIpc) is 2.85. The molecule has 1 aromatic rings. The summed E-state index contributed by atoms with van der Waals surface area (Å²) in [5.74, 6) is 0.360. The molecule has 5 nitrogen and oxygen atoms in total. The standard InChI is InChI=1S/C13H16ClNO4/c1-17-12(16)7-18-6-11(15)10-5-9(14)4-8-2-3-19-13(8)10/h4-5,11H,2-3,6-7,15H2,1H3. The largest absolute Gasteiger partial charge is 0.493 e. The lowest BCUT2D eigenvalue weighted by Crippen LogP contribution is -2.21. The number of hydrogen-bond donors (Lipinski definition) is 1. The van der Waals surface area contributed by atoms with Crippen LogP contribution in [0.15, 0.2) is 12.1 Å². The van der Waals surface area contributed by atoms with Crippen LogP contribution in [0.2, 0.25) is 5.02 Å². The van der Waals surface area contributed by atoms with Crippen molar-refractivity contribution in [1.29, 1.82) is 0 Å². The van der Waals surface area contributed by atoms with Gasteiger partial charge >= 0.3 is 5.97 Å². The number of esters is 1. The number of fused-ring (bicyclic) bond motifs is 1. The smallest absolute Gasteiger partial charge is 0.331 e. The molecular formula is C13H16ClNO4. The SMILES string of the molecule is COC(=O)COCC(N)c1cc(Cl)cc2c1OCC2. The lowest BCUT2D eigenvalue weighted by Gasteiger charge is -2.16.